The molecule has 2 fully saturated rings. The van der Waals surface area contributed by atoms with Crippen LogP contribution in [0.1, 0.15) is 17.9 Å². The maximum absolute atomic E-state index is 11.5. The van der Waals surface area contributed by atoms with Gasteiger partial charge in [-0.1, -0.05) is 30.3 Å². The summed E-state index contributed by atoms with van der Waals surface area (Å²) in [6, 6.07) is 8.91. The summed E-state index contributed by atoms with van der Waals surface area (Å²) >= 11 is 0. The largest absolute Gasteiger partial charge is 0.331 e. The first-order valence-corrected chi connectivity index (χ1v) is 5.42. The number of benzene rings is 1. The Bertz CT molecular complexity index is 512. The monoisotopic (exact) mass is 230 g/mol. The van der Waals surface area contributed by atoms with Crippen molar-refractivity contribution in [2.45, 2.75) is 18.4 Å². The molecule has 4 amide bonds. The topological polar surface area (TPSA) is 66.5 Å². The highest BCUT2D eigenvalue weighted by Gasteiger charge is 2.52. The molecule has 2 unspecified atom stereocenters. The van der Waals surface area contributed by atoms with Gasteiger partial charge in [0.2, 0.25) is 0 Å². The van der Waals surface area contributed by atoms with Gasteiger partial charge in [-0.15, -0.1) is 0 Å². The third-order valence-electron chi connectivity index (χ3n) is 3.17. The standard InChI is InChI=1S/C12H10N2O3/c15-10-11(16)14(12(17)13-10)9-6-8(9)7-4-2-1-3-5-7/h1-5,8-9H,6H2,(H,13,15,17). The zero-order valence-electron chi connectivity index (χ0n) is 8.92. The van der Waals surface area contributed by atoms with E-state index in [1.165, 1.54) is 0 Å². The van der Waals surface area contributed by atoms with Gasteiger partial charge in [-0.3, -0.25) is 19.8 Å². The highest BCUT2D eigenvalue weighted by atomic mass is 16.2. The van der Waals surface area contributed by atoms with Crippen LogP contribution in [-0.4, -0.2) is 28.8 Å². The minimum Gasteiger partial charge on any atom is -0.269 e. The van der Waals surface area contributed by atoms with E-state index in [1.807, 2.05) is 35.6 Å². The molecule has 1 saturated carbocycles. The summed E-state index contributed by atoms with van der Waals surface area (Å²) in [5.74, 6) is -1.40. The number of rotatable bonds is 2. The van der Waals surface area contributed by atoms with E-state index in [4.69, 9.17) is 0 Å². The summed E-state index contributed by atoms with van der Waals surface area (Å²) in [5, 5.41) is 2.01. The van der Waals surface area contributed by atoms with E-state index in [9.17, 15) is 14.4 Å². The van der Waals surface area contributed by atoms with Gasteiger partial charge in [-0.25, -0.2) is 4.79 Å². The molecule has 1 aliphatic heterocycles. The summed E-state index contributed by atoms with van der Waals surface area (Å²) in [6.07, 6.45) is 0.733. The number of urea groups is 1. The van der Waals surface area contributed by atoms with Crippen molar-refractivity contribution in [3.63, 3.8) is 0 Å². The van der Waals surface area contributed by atoms with Gasteiger partial charge in [0.15, 0.2) is 0 Å². The van der Waals surface area contributed by atoms with Gasteiger partial charge in [-0.2, -0.15) is 0 Å². The minimum absolute atomic E-state index is 0.164. The Morgan fingerprint density at radius 3 is 2.41 bits per heavy atom. The molecule has 2 atom stereocenters. The Balaban J connectivity index is 1.79. The number of hydrogen-bond donors (Lipinski definition) is 1. The van der Waals surface area contributed by atoms with Crippen molar-refractivity contribution < 1.29 is 14.4 Å². The molecule has 1 heterocycles. The van der Waals surface area contributed by atoms with Crippen LogP contribution in [0.2, 0.25) is 0 Å². The van der Waals surface area contributed by atoms with E-state index < -0.39 is 17.8 Å². The Morgan fingerprint density at radius 1 is 1.12 bits per heavy atom. The molecule has 3 rings (SSSR count). The van der Waals surface area contributed by atoms with Crippen LogP contribution in [0.15, 0.2) is 30.3 Å². The molecule has 5 heteroatoms. The summed E-state index contributed by atoms with van der Waals surface area (Å²) in [7, 11) is 0. The van der Waals surface area contributed by atoms with Crippen molar-refractivity contribution in [2.24, 2.45) is 0 Å². The number of carbonyl (C=O) groups excluding carboxylic acids is 3. The third kappa shape index (κ3) is 1.51. The van der Waals surface area contributed by atoms with Crippen LogP contribution in [0.25, 0.3) is 0 Å². The van der Waals surface area contributed by atoms with Crippen LogP contribution in [0.3, 0.4) is 0 Å². The van der Waals surface area contributed by atoms with Crippen LogP contribution in [0, 0.1) is 0 Å². The maximum atomic E-state index is 11.5. The van der Waals surface area contributed by atoms with Crippen LogP contribution in [0.5, 0.6) is 0 Å². The van der Waals surface area contributed by atoms with E-state index in [0.29, 0.717) is 0 Å². The maximum Gasteiger partial charge on any atom is 0.331 e. The highest BCUT2D eigenvalue weighted by molar-refractivity contribution is 6.45. The lowest BCUT2D eigenvalue weighted by molar-refractivity contribution is -0.140. The lowest BCUT2D eigenvalue weighted by Gasteiger charge is -2.10. The molecule has 0 bridgehead atoms. The molecule has 0 spiro atoms. The number of nitrogens with zero attached hydrogens (tertiary/aromatic N) is 1. The Hall–Kier alpha value is -2.17. The fourth-order valence-corrected chi connectivity index (χ4v) is 2.24. The average Bonchev–Trinajstić information content (AvgIpc) is 3.05. The van der Waals surface area contributed by atoms with Crippen molar-refractivity contribution in [1.82, 2.24) is 10.2 Å². The fourth-order valence-electron chi connectivity index (χ4n) is 2.24. The second-order valence-electron chi connectivity index (χ2n) is 4.25. The predicted molar refractivity (Wildman–Crippen MR) is 58.0 cm³/mol. The van der Waals surface area contributed by atoms with Crippen molar-refractivity contribution in [2.75, 3.05) is 0 Å². The molecule has 1 aliphatic carbocycles. The van der Waals surface area contributed by atoms with Crippen molar-refractivity contribution in [3.8, 4) is 0 Å². The SMILES string of the molecule is O=C1NC(=O)N(C2CC2c2ccccc2)C1=O. The van der Waals surface area contributed by atoms with Crippen molar-refractivity contribution in [1.29, 1.82) is 0 Å². The van der Waals surface area contributed by atoms with Crippen molar-refractivity contribution >= 4 is 17.8 Å². The lowest BCUT2D eigenvalue weighted by atomic mass is 10.1. The molecule has 17 heavy (non-hydrogen) atoms. The number of carbonyl (C=O) groups is 3. The quantitative estimate of drug-likeness (QED) is 0.598. The molecule has 1 aromatic carbocycles. The summed E-state index contributed by atoms with van der Waals surface area (Å²) in [4.78, 5) is 35.0. The minimum atomic E-state index is -0.825. The molecule has 1 N–H and O–H groups in total. The van der Waals surface area contributed by atoms with E-state index in [0.717, 1.165) is 16.9 Å². The average molecular weight is 230 g/mol. The molecule has 1 aromatic rings. The second kappa shape index (κ2) is 3.41. The van der Waals surface area contributed by atoms with Crippen LogP contribution in [-0.2, 0) is 9.59 Å². The molecule has 86 valence electrons. The first kappa shape index (κ1) is 10.0. The first-order valence-electron chi connectivity index (χ1n) is 5.42. The number of amides is 4. The van der Waals surface area contributed by atoms with E-state index >= 15 is 0 Å². The molecule has 0 aromatic heterocycles. The Kier molecular flexibility index (Phi) is 2.01. The molecular weight excluding hydrogens is 220 g/mol. The Labute approximate surface area is 97.4 Å². The lowest BCUT2D eigenvalue weighted by Crippen LogP contribution is -2.33. The number of hydrogen-bond acceptors (Lipinski definition) is 3. The molecule has 1 saturated heterocycles. The van der Waals surface area contributed by atoms with Gasteiger partial charge in [-0.05, 0) is 12.0 Å². The summed E-state index contributed by atoms with van der Waals surface area (Å²) in [6.45, 7) is 0. The van der Waals surface area contributed by atoms with Crippen LogP contribution >= 0.6 is 0 Å². The number of imide groups is 2. The predicted octanol–water partition coefficient (Wildman–Crippen LogP) is 0.621. The van der Waals surface area contributed by atoms with Gasteiger partial charge in [0.1, 0.15) is 0 Å². The van der Waals surface area contributed by atoms with Gasteiger partial charge in [0.05, 0.1) is 0 Å². The van der Waals surface area contributed by atoms with E-state index in [2.05, 4.69) is 0 Å². The zero-order chi connectivity index (χ0) is 12.0. The summed E-state index contributed by atoms with van der Waals surface area (Å²) in [5.41, 5.74) is 1.09. The molecule has 2 aliphatic rings. The van der Waals surface area contributed by atoms with Crippen LogP contribution in [0.4, 0.5) is 4.79 Å². The fraction of sp³-hybridized carbons (Fsp3) is 0.250. The third-order valence-corrected chi connectivity index (χ3v) is 3.17. The summed E-state index contributed by atoms with van der Waals surface area (Å²) < 4.78 is 0. The van der Waals surface area contributed by atoms with E-state index in [-0.39, 0.29) is 12.0 Å². The van der Waals surface area contributed by atoms with Crippen LogP contribution < -0.4 is 5.32 Å². The molecule has 5 nitrogen and oxygen atoms in total. The number of nitrogens with one attached hydrogen (secondary N) is 1. The smallest absolute Gasteiger partial charge is 0.269 e. The zero-order valence-corrected chi connectivity index (χ0v) is 8.92. The second-order valence-corrected chi connectivity index (χ2v) is 4.25. The van der Waals surface area contributed by atoms with E-state index in [1.54, 1.807) is 0 Å². The van der Waals surface area contributed by atoms with Gasteiger partial charge < -0.3 is 0 Å². The van der Waals surface area contributed by atoms with Gasteiger partial charge in [0.25, 0.3) is 0 Å². The molecular formula is C12H10N2O3. The Morgan fingerprint density at radius 2 is 1.82 bits per heavy atom. The van der Waals surface area contributed by atoms with Crippen molar-refractivity contribution in [3.05, 3.63) is 35.9 Å². The van der Waals surface area contributed by atoms with Gasteiger partial charge >= 0.3 is 17.8 Å². The molecule has 0 radical (unpaired) electrons. The van der Waals surface area contributed by atoms with Gasteiger partial charge in [0, 0.05) is 12.0 Å². The highest BCUT2D eigenvalue weighted by Crippen LogP contribution is 2.45. The first-order chi connectivity index (χ1) is 8.18. The normalized spacial score (nSPS) is 27.3.